The molecular weight excluding hydrogens is 286 g/mol. The van der Waals surface area contributed by atoms with Gasteiger partial charge >= 0.3 is 0 Å². The van der Waals surface area contributed by atoms with Crippen LogP contribution in [0.4, 0.5) is 0 Å². The van der Waals surface area contributed by atoms with Crippen molar-refractivity contribution in [3.63, 3.8) is 0 Å². The van der Waals surface area contributed by atoms with Crippen molar-refractivity contribution >= 4 is 24.5 Å². The van der Waals surface area contributed by atoms with Crippen molar-refractivity contribution in [2.24, 2.45) is 5.10 Å². The molecule has 0 aliphatic carbocycles. The molecule has 0 bridgehead atoms. The van der Waals surface area contributed by atoms with Crippen LogP contribution in [0.25, 0.3) is 17.5 Å². The summed E-state index contributed by atoms with van der Waals surface area (Å²) in [4.78, 5) is 4.06. The molecule has 21 heavy (non-hydrogen) atoms. The van der Waals surface area contributed by atoms with E-state index in [9.17, 15) is 0 Å². The molecular formula is C14H11N5OS. The van der Waals surface area contributed by atoms with Crippen LogP contribution in [-0.4, -0.2) is 26.1 Å². The Bertz CT molecular complexity index is 815. The van der Waals surface area contributed by atoms with E-state index in [1.807, 2.05) is 24.3 Å². The monoisotopic (exact) mass is 297 g/mol. The highest BCUT2D eigenvalue weighted by atomic mass is 32.1. The Morgan fingerprint density at radius 2 is 2.29 bits per heavy atom. The quantitative estimate of drug-likeness (QED) is 0.593. The Hall–Kier alpha value is -2.80. The van der Waals surface area contributed by atoms with E-state index in [4.69, 9.17) is 16.6 Å². The first-order valence-electron chi connectivity index (χ1n) is 6.17. The second-order valence-corrected chi connectivity index (χ2v) is 4.43. The zero-order chi connectivity index (χ0) is 14.5. The number of hydrogen-bond donors (Lipinski definition) is 1. The van der Waals surface area contributed by atoms with Crippen molar-refractivity contribution in [2.45, 2.75) is 0 Å². The molecule has 3 aromatic rings. The van der Waals surface area contributed by atoms with Gasteiger partial charge in [0.2, 0.25) is 4.77 Å². The summed E-state index contributed by atoms with van der Waals surface area (Å²) in [5.74, 6) is 1.36. The summed E-state index contributed by atoms with van der Waals surface area (Å²) in [7, 11) is 0. The van der Waals surface area contributed by atoms with Crippen LogP contribution >= 0.6 is 12.2 Å². The Balaban J connectivity index is 1.86. The van der Waals surface area contributed by atoms with Crippen LogP contribution in [0.2, 0.25) is 0 Å². The molecule has 7 heteroatoms. The molecule has 0 saturated carbocycles. The van der Waals surface area contributed by atoms with E-state index in [-0.39, 0.29) is 0 Å². The maximum absolute atomic E-state index is 5.18. The minimum absolute atomic E-state index is 0.413. The molecule has 0 atom stereocenters. The van der Waals surface area contributed by atoms with Crippen LogP contribution in [0.5, 0.6) is 0 Å². The number of H-pyrrole nitrogens is 1. The van der Waals surface area contributed by atoms with Crippen molar-refractivity contribution in [3.05, 3.63) is 59.5 Å². The minimum atomic E-state index is 0.413. The van der Waals surface area contributed by atoms with Crippen LogP contribution in [0.3, 0.4) is 0 Å². The smallest absolute Gasteiger partial charge is 0.216 e. The van der Waals surface area contributed by atoms with Crippen LogP contribution in [0.1, 0.15) is 5.76 Å². The number of pyridine rings is 1. The fourth-order valence-corrected chi connectivity index (χ4v) is 1.89. The average Bonchev–Trinajstić information content (AvgIpc) is 3.15. The summed E-state index contributed by atoms with van der Waals surface area (Å²) >= 11 is 5.17. The fraction of sp³-hybridized carbons (Fsp3) is 0. The van der Waals surface area contributed by atoms with Crippen molar-refractivity contribution in [1.29, 1.82) is 0 Å². The summed E-state index contributed by atoms with van der Waals surface area (Å²) in [5.41, 5.74) is 0.831. The molecule has 3 aromatic heterocycles. The normalized spacial score (nSPS) is 11.6. The first kappa shape index (κ1) is 13.2. The van der Waals surface area contributed by atoms with Gasteiger partial charge in [-0.1, -0.05) is 0 Å². The zero-order valence-corrected chi connectivity index (χ0v) is 11.7. The second kappa shape index (κ2) is 6.10. The predicted octanol–water partition coefficient (Wildman–Crippen LogP) is 3.14. The summed E-state index contributed by atoms with van der Waals surface area (Å²) < 4.78 is 7.14. The summed E-state index contributed by atoms with van der Waals surface area (Å²) in [5, 5.41) is 11.2. The van der Waals surface area contributed by atoms with Gasteiger partial charge in [0.05, 0.1) is 6.26 Å². The Labute approximate surface area is 125 Å². The SMILES string of the molecule is S=c1[nH]nc(-c2cccnc2)n1/N=C/C=C/c1ccco1. The first-order valence-corrected chi connectivity index (χ1v) is 6.58. The Kier molecular flexibility index (Phi) is 3.83. The molecule has 6 nitrogen and oxygen atoms in total. The Morgan fingerprint density at radius 3 is 3.05 bits per heavy atom. The molecule has 0 aromatic carbocycles. The molecule has 1 N–H and O–H groups in total. The molecule has 0 saturated heterocycles. The van der Waals surface area contributed by atoms with E-state index < -0.39 is 0 Å². The number of furan rings is 1. The lowest BCUT2D eigenvalue weighted by Crippen LogP contribution is -1.93. The van der Waals surface area contributed by atoms with E-state index in [0.29, 0.717) is 10.6 Å². The van der Waals surface area contributed by atoms with Crippen LogP contribution in [-0.2, 0) is 0 Å². The zero-order valence-electron chi connectivity index (χ0n) is 10.9. The van der Waals surface area contributed by atoms with Crippen molar-refractivity contribution < 1.29 is 4.42 Å². The van der Waals surface area contributed by atoms with E-state index >= 15 is 0 Å². The van der Waals surface area contributed by atoms with E-state index in [1.54, 1.807) is 41.7 Å². The number of aromatic amines is 1. The molecule has 0 aliphatic rings. The lowest BCUT2D eigenvalue weighted by Gasteiger charge is -1.98. The molecule has 0 amide bonds. The predicted molar refractivity (Wildman–Crippen MR) is 82.3 cm³/mol. The minimum Gasteiger partial charge on any atom is -0.465 e. The van der Waals surface area contributed by atoms with Gasteiger partial charge in [0.25, 0.3) is 0 Å². The van der Waals surface area contributed by atoms with Gasteiger partial charge in [-0.15, -0.1) is 0 Å². The second-order valence-electron chi connectivity index (χ2n) is 4.04. The molecule has 0 aliphatic heterocycles. The molecule has 0 radical (unpaired) electrons. The third kappa shape index (κ3) is 3.03. The maximum Gasteiger partial charge on any atom is 0.216 e. The van der Waals surface area contributed by atoms with Gasteiger partial charge in [-0.25, -0.2) is 5.10 Å². The van der Waals surface area contributed by atoms with Gasteiger partial charge in [-0.2, -0.15) is 14.9 Å². The Morgan fingerprint density at radius 1 is 1.33 bits per heavy atom. The van der Waals surface area contributed by atoms with Crippen molar-refractivity contribution in [1.82, 2.24) is 19.9 Å². The van der Waals surface area contributed by atoms with Gasteiger partial charge in [0.1, 0.15) is 5.76 Å². The highest BCUT2D eigenvalue weighted by Crippen LogP contribution is 2.15. The van der Waals surface area contributed by atoms with Crippen LogP contribution in [0, 0.1) is 4.77 Å². The highest BCUT2D eigenvalue weighted by Gasteiger charge is 2.07. The molecule has 0 fully saturated rings. The largest absolute Gasteiger partial charge is 0.465 e. The lowest BCUT2D eigenvalue weighted by molar-refractivity contribution is 0.557. The van der Waals surface area contributed by atoms with Gasteiger partial charge < -0.3 is 4.42 Å². The molecule has 3 heterocycles. The van der Waals surface area contributed by atoms with E-state index in [1.165, 1.54) is 0 Å². The van der Waals surface area contributed by atoms with Crippen LogP contribution in [0.15, 0.2) is 58.5 Å². The van der Waals surface area contributed by atoms with Crippen molar-refractivity contribution in [3.8, 4) is 11.4 Å². The average molecular weight is 297 g/mol. The van der Waals surface area contributed by atoms with E-state index in [0.717, 1.165) is 11.3 Å². The fourth-order valence-electron chi connectivity index (χ4n) is 1.71. The molecule has 0 spiro atoms. The molecule has 0 unspecified atom stereocenters. The lowest BCUT2D eigenvalue weighted by atomic mass is 10.3. The summed E-state index contributed by atoms with van der Waals surface area (Å²) in [6.45, 7) is 0. The number of allylic oxidation sites excluding steroid dienone is 1. The number of hydrogen-bond acceptors (Lipinski definition) is 5. The standard InChI is InChI=1S/C14H11N5OS/c21-14-18-17-13(11-4-1-7-15-10-11)19(14)16-8-2-5-12-6-3-9-20-12/h1-10H,(H,18,21)/b5-2+,16-8+. The summed E-state index contributed by atoms with van der Waals surface area (Å²) in [6, 6.07) is 7.40. The highest BCUT2D eigenvalue weighted by molar-refractivity contribution is 7.71. The number of aromatic nitrogens is 4. The van der Waals surface area contributed by atoms with Gasteiger partial charge in [-0.05, 0) is 48.6 Å². The number of nitrogens with zero attached hydrogens (tertiary/aromatic N) is 4. The first-order chi connectivity index (χ1) is 10.3. The maximum atomic E-state index is 5.18. The topological polar surface area (TPSA) is 72.0 Å². The van der Waals surface area contributed by atoms with Crippen molar-refractivity contribution in [2.75, 3.05) is 0 Å². The molecule has 104 valence electrons. The molecule has 3 rings (SSSR count). The third-order valence-corrected chi connectivity index (χ3v) is 2.91. The van der Waals surface area contributed by atoms with E-state index in [2.05, 4.69) is 20.3 Å². The third-order valence-electron chi connectivity index (χ3n) is 2.64. The summed E-state index contributed by atoms with van der Waals surface area (Å²) in [6.07, 6.45) is 10.2. The number of nitrogens with one attached hydrogen (secondary N) is 1. The number of rotatable bonds is 4. The van der Waals surface area contributed by atoms with Gasteiger partial charge in [0.15, 0.2) is 5.82 Å². The van der Waals surface area contributed by atoms with Gasteiger partial charge in [0, 0.05) is 24.2 Å². The van der Waals surface area contributed by atoms with Gasteiger partial charge in [-0.3, -0.25) is 4.98 Å². The van der Waals surface area contributed by atoms with Crippen LogP contribution < -0.4 is 0 Å².